The van der Waals surface area contributed by atoms with Gasteiger partial charge in [-0.2, -0.15) is 0 Å². The lowest BCUT2D eigenvalue weighted by Gasteiger charge is -2.11. The van der Waals surface area contributed by atoms with E-state index in [0.29, 0.717) is 16.9 Å². The molecule has 21 heavy (non-hydrogen) atoms. The summed E-state index contributed by atoms with van der Waals surface area (Å²) in [5.41, 5.74) is 1.55. The number of thiocarbonyl (C=S) groups is 1. The summed E-state index contributed by atoms with van der Waals surface area (Å²) < 4.78 is 13.1. The Balaban J connectivity index is 2.09. The van der Waals surface area contributed by atoms with Gasteiger partial charge in [0.2, 0.25) is 0 Å². The van der Waals surface area contributed by atoms with Crippen LogP contribution in [0.15, 0.2) is 42.5 Å². The lowest BCUT2D eigenvalue weighted by atomic mass is 10.2. The summed E-state index contributed by atoms with van der Waals surface area (Å²) >= 11 is 5.09. The molecule has 0 aliphatic heterocycles. The first-order chi connectivity index (χ1) is 9.95. The van der Waals surface area contributed by atoms with Gasteiger partial charge in [0.05, 0.1) is 4.92 Å². The van der Waals surface area contributed by atoms with Crippen molar-refractivity contribution in [2.75, 3.05) is 10.6 Å². The quantitative estimate of drug-likeness (QED) is 0.512. The van der Waals surface area contributed by atoms with Crippen molar-refractivity contribution in [1.29, 1.82) is 0 Å². The number of nitrogens with one attached hydrogen (secondary N) is 2. The standard InChI is InChI=1S/C14H12FN3O2S/c1-9-5-6-12(8-13(9)18(19)20)17-14(21)16-11-4-2-3-10(15)7-11/h2-8H,1H3,(H2,16,17,21). The molecule has 0 amide bonds. The van der Waals surface area contributed by atoms with E-state index in [0.717, 1.165) is 0 Å². The van der Waals surface area contributed by atoms with Crippen molar-refractivity contribution >= 4 is 34.4 Å². The van der Waals surface area contributed by atoms with Gasteiger partial charge in [-0.05, 0) is 43.4 Å². The molecule has 108 valence electrons. The van der Waals surface area contributed by atoms with Gasteiger partial charge in [-0.15, -0.1) is 0 Å². The summed E-state index contributed by atoms with van der Waals surface area (Å²) in [5, 5.41) is 16.7. The van der Waals surface area contributed by atoms with Gasteiger partial charge in [0.25, 0.3) is 5.69 Å². The first-order valence-corrected chi connectivity index (χ1v) is 6.45. The van der Waals surface area contributed by atoms with E-state index in [9.17, 15) is 14.5 Å². The number of halogens is 1. The number of anilines is 2. The van der Waals surface area contributed by atoms with Crippen LogP contribution in [0.2, 0.25) is 0 Å². The molecule has 2 rings (SSSR count). The Morgan fingerprint density at radius 1 is 1.19 bits per heavy atom. The van der Waals surface area contributed by atoms with Crippen LogP contribution in [-0.2, 0) is 0 Å². The molecular formula is C14H12FN3O2S. The Hall–Kier alpha value is -2.54. The minimum absolute atomic E-state index is 0.00792. The number of nitro groups is 1. The zero-order valence-electron chi connectivity index (χ0n) is 11.1. The molecule has 0 bridgehead atoms. The summed E-state index contributed by atoms with van der Waals surface area (Å²) in [6, 6.07) is 10.5. The van der Waals surface area contributed by atoms with E-state index in [1.807, 2.05) is 0 Å². The van der Waals surface area contributed by atoms with Crippen LogP contribution < -0.4 is 10.6 Å². The maximum atomic E-state index is 13.1. The minimum Gasteiger partial charge on any atom is -0.332 e. The van der Waals surface area contributed by atoms with Gasteiger partial charge in [0.1, 0.15) is 5.82 Å². The molecule has 2 aromatic rings. The fourth-order valence-electron chi connectivity index (χ4n) is 1.74. The topological polar surface area (TPSA) is 67.2 Å². The van der Waals surface area contributed by atoms with Crippen molar-refractivity contribution in [3.8, 4) is 0 Å². The van der Waals surface area contributed by atoms with E-state index in [4.69, 9.17) is 12.2 Å². The Morgan fingerprint density at radius 2 is 1.86 bits per heavy atom. The highest BCUT2D eigenvalue weighted by Gasteiger charge is 2.11. The Morgan fingerprint density at radius 3 is 2.48 bits per heavy atom. The molecule has 0 atom stereocenters. The molecule has 0 aliphatic rings. The van der Waals surface area contributed by atoms with E-state index in [1.165, 1.54) is 18.2 Å². The first-order valence-electron chi connectivity index (χ1n) is 6.04. The Labute approximate surface area is 125 Å². The molecule has 7 heteroatoms. The van der Waals surface area contributed by atoms with E-state index in [2.05, 4.69) is 10.6 Å². The lowest BCUT2D eigenvalue weighted by molar-refractivity contribution is -0.385. The maximum absolute atomic E-state index is 13.1. The highest BCUT2D eigenvalue weighted by Crippen LogP contribution is 2.22. The normalized spacial score (nSPS) is 10.0. The highest BCUT2D eigenvalue weighted by atomic mass is 32.1. The number of hydrogen-bond donors (Lipinski definition) is 2. The Kier molecular flexibility index (Phi) is 4.44. The molecule has 0 aromatic heterocycles. The summed E-state index contributed by atoms with van der Waals surface area (Å²) in [7, 11) is 0. The zero-order chi connectivity index (χ0) is 15.4. The second-order valence-electron chi connectivity index (χ2n) is 4.35. The van der Waals surface area contributed by atoms with Gasteiger partial charge >= 0.3 is 0 Å². The van der Waals surface area contributed by atoms with Crippen LogP contribution in [0.25, 0.3) is 0 Å². The number of hydrogen-bond acceptors (Lipinski definition) is 3. The van der Waals surface area contributed by atoms with Gasteiger partial charge in [-0.25, -0.2) is 4.39 Å². The van der Waals surface area contributed by atoms with Crippen molar-refractivity contribution in [2.45, 2.75) is 6.92 Å². The second-order valence-corrected chi connectivity index (χ2v) is 4.76. The summed E-state index contributed by atoms with van der Waals surface area (Å²) in [6.07, 6.45) is 0. The van der Waals surface area contributed by atoms with Crippen LogP contribution in [0.4, 0.5) is 21.5 Å². The van der Waals surface area contributed by atoms with Crippen LogP contribution in [0.1, 0.15) is 5.56 Å². The van der Waals surface area contributed by atoms with Gasteiger partial charge < -0.3 is 10.6 Å². The van der Waals surface area contributed by atoms with Crippen LogP contribution >= 0.6 is 12.2 Å². The summed E-state index contributed by atoms with van der Waals surface area (Å²) in [4.78, 5) is 10.4. The fraction of sp³-hybridized carbons (Fsp3) is 0.0714. The summed E-state index contributed by atoms with van der Waals surface area (Å²) in [6.45, 7) is 1.66. The van der Waals surface area contributed by atoms with Crippen LogP contribution in [0.5, 0.6) is 0 Å². The van der Waals surface area contributed by atoms with Gasteiger partial charge in [-0.3, -0.25) is 10.1 Å². The molecule has 5 nitrogen and oxygen atoms in total. The van der Waals surface area contributed by atoms with E-state index < -0.39 is 4.92 Å². The van der Waals surface area contributed by atoms with E-state index in [-0.39, 0.29) is 16.6 Å². The van der Waals surface area contributed by atoms with Crippen molar-refractivity contribution < 1.29 is 9.31 Å². The maximum Gasteiger partial charge on any atom is 0.274 e. The molecule has 0 spiro atoms. The van der Waals surface area contributed by atoms with Gasteiger partial charge in [0, 0.05) is 23.0 Å². The van der Waals surface area contributed by atoms with Crippen molar-refractivity contribution in [2.24, 2.45) is 0 Å². The smallest absolute Gasteiger partial charge is 0.274 e. The Bertz CT molecular complexity index is 706. The lowest BCUT2D eigenvalue weighted by Crippen LogP contribution is -2.19. The van der Waals surface area contributed by atoms with Gasteiger partial charge in [-0.1, -0.05) is 12.1 Å². The minimum atomic E-state index is -0.455. The largest absolute Gasteiger partial charge is 0.332 e. The van der Waals surface area contributed by atoms with E-state index >= 15 is 0 Å². The van der Waals surface area contributed by atoms with E-state index in [1.54, 1.807) is 31.2 Å². The molecular weight excluding hydrogens is 293 g/mol. The van der Waals surface area contributed by atoms with Crippen molar-refractivity contribution in [3.63, 3.8) is 0 Å². The molecule has 0 aliphatic carbocycles. The molecule has 0 unspecified atom stereocenters. The monoisotopic (exact) mass is 305 g/mol. The average Bonchev–Trinajstić information content (AvgIpc) is 2.40. The predicted octanol–water partition coefficient (Wildman–Crippen LogP) is 3.85. The number of rotatable bonds is 3. The van der Waals surface area contributed by atoms with Crippen LogP contribution in [-0.4, -0.2) is 10.0 Å². The molecule has 2 aromatic carbocycles. The molecule has 0 radical (unpaired) electrons. The van der Waals surface area contributed by atoms with Crippen molar-refractivity contribution in [3.05, 3.63) is 64.0 Å². The predicted molar refractivity (Wildman–Crippen MR) is 84.1 cm³/mol. The number of nitrogens with zero attached hydrogens (tertiary/aromatic N) is 1. The molecule has 0 saturated carbocycles. The zero-order valence-corrected chi connectivity index (χ0v) is 11.9. The number of benzene rings is 2. The van der Waals surface area contributed by atoms with Gasteiger partial charge in [0.15, 0.2) is 5.11 Å². The molecule has 2 N–H and O–H groups in total. The fourth-order valence-corrected chi connectivity index (χ4v) is 1.98. The average molecular weight is 305 g/mol. The SMILES string of the molecule is Cc1ccc(NC(=S)Nc2cccc(F)c2)cc1[N+](=O)[O-]. The highest BCUT2D eigenvalue weighted by molar-refractivity contribution is 7.80. The first kappa shape index (κ1) is 14.9. The number of nitro benzene ring substituents is 1. The number of aryl methyl sites for hydroxylation is 1. The van der Waals surface area contributed by atoms with Crippen LogP contribution in [0, 0.1) is 22.9 Å². The third kappa shape index (κ3) is 3.96. The second kappa shape index (κ2) is 6.27. The molecule has 0 saturated heterocycles. The summed E-state index contributed by atoms with van der Waals surface area (Å²) in [5.74, 6) is -0.381. The third-order valence-corrected chi connectivity index (χ3v) is 2.95. The third-order valence-electron chi connectivity index (χ3n) is 2.75. The molecule has 0 fully saturated rings. The van der Waals surface area contributed by atoms with Crippen molar-refractivity contribution in [1.82, 2.24) is 0 Å². The molecule has 0 heterocycles. The van der Waals surface area contributed by atoms with Crippen LogP contribution in [0.3, 0.4) is 0 Å².